The van der Waals surface area contributed by atoms with Gasteiger partial charge >= 0.3 is 0 Å². The summed E-state index contributed by atoms with van der Waals surface area (Å²) in [6, 6.07) is 16.2. The van der Waals surface area contributed by atoms with E-state index in [2.05, 4.69) is 23.8 Å². The Kier molecular flexibility index (Phi) is 8.63. The van der Waals surface area contributed by atoms with E-state index in [1.165, 1.54) is 0 Å². The van der Waals surface area contributed by atoms with Crippen molar-refractivity contribution in [2.75, 3.05) is 32.8 Å². The number of amides is 1. The fraction of sp³-hybridized carbons (Fsp3) is 0.367. The third kappa shape index (κ3) is 5.36. The smallest absolute Gasteiger partial charge is 0.295 e. The number of nitrogens with zero attached hydrogens (tertiary/aromatic N) is 4. The predicted molar refractivity (Wildman–Crippen MR) is 147 cm³/mol. The summed E-state index contributed by atoms with van der Waals surface area (Å²) in [5.74, 6) is -0.872. The van der Waals surface area contributed by atoms with Gasteiger partial charge in [0.15, 0.2) is 0 Å². The molecule has 3 aromatic rings. The fourth-order valence-corrected chi connectivity index (χ4v) is 5.02. The summed E-state index contributed by atoms with van der Waals surface area (Å²) < 4.78 is 7.41. The van der Waals surface area contributed by atoms with Gasteiger partial charge in [-0.2, -0.15) is 5.10 Å². The molecule has 200 valence electrons. The predicted octanol–water partition coefficient (Wildman–Crippen LogP) is 4.73. The first-order valence-corrected chi connectivity index (χ1v) is 13.2. The summed E-state index contributed by atoms with van der Waals surface area (Å²) in [7, 11) is 0. The van der Waals surface area contributed by atoms with Gasteiger partial charge in [-0.1, -0.05) is 44.2 Å². The van der Waals surface area contributed by atoms with E-state index in [0.29, 0.717) is 42.1 Å². The van der Waals surface area contributed by atoms with Gasteiger partial charge in [0, 0.05) is 6.54 Å². The molecule has 8 nitrogen and oxygen atoms in total. The molecule has 1 atom stereocenters. The molecular weight excluding hydrogens is 480 g/mol. The number of aliphatic hydroxyl groups is 1. The first kappa shape index (κ1) is 27.1. The van der Waals surface area contributed by atoms with Crippen LogP contribution in [0.3, 0.4) is 0 Å². The van der Waals surface area contributed by atoms with Crippen molar-refractivity contribution in [1.82, 2.24) is 19.6 Å². The number of aliphatic hydroxyl groups excluding tert-OH is 1. The summed E-state index contributed by atoms with van der Waals surface area (Å²) in [5.41, 5.74) is 2.71. The molecule has 2 heterocycles. The molecule has 38 heavy (non-hydrogen) atoms. The highest BCUT2D eigenvalue weighted by atomic mass is 16.5. The maximum absolute atomic E-state index is 13.4. The van der Waals surface area contributed by atoms with E-state index in [0.717, 1.165) is 25.3 Å². The normalized spacial score (nSPS) is 17.0. The number of carbonyl (C=O) groups is 2. The van der Waals surface area contributed by atoms with Crippen LogP contribution < -0.4 is 4.74 Å². The topological polar surface area (TPSA) is 87.9 Å². The van der Waals surface area contributed by atoms with Gasteiger partial charge < -0.3 is 19.6 Å². The molecule has 0 radical (unpaired) electrons. The summed E-state index contributed by atoms with van der Waals surface area (Å²) in [6.45, 7) is 11.5. The van der Waals surface area contributed by atoms with Crippen LogP contribution in [0.15, 0.2) is 66.4 Å². The molecule has 0 bridgehead atoms. The molecule has 1 aliphatic heterocycles. The van der Waals surface area contributed by atoms with E-state index >= 15 is 0 Å². The molecule has 2 aromatic carbocycles. The van der Waals surface area contributed by atoms with E-state index in [-0.39, 0.29) is 11.3 Å². The number of carbonyl (C=O) groups excluding carboxylic acids is 2. The third-order valence-electron chi connectivity index (χ3n) is 7.06. The van der Waals surface area contributed by atoms with Gasteiger partial charge in [0.25, 0.3) is 11.7 Å². The van der Waals surface area contributed by atoms with Gasteiger partial charge in [0.05, 0.1) is 41.4 Å². The highest BCUT2D eigenvalue weighted by molar-refractivity contribution is 6.46. The van der Waals surface area contributed by atoms with Crippen molar-refractivity contribution in [1.29, 1.82) is 0 Å². The first-order valence-electron chi connectivity index (χ1n) is 13.2. The lowest BCUT2D eigenvalue weighted by Crippen LogP contribution is -2.33. The zero-order chi connectivity index (χ0) is 27.2. The molecular formula is C30H36N4O4. The monoisotopic (exact) mass is 516 g/mol. The Balaban J connectivity index is 1.78. The van der Waals surface area contributed by atoms with Crippen LogP contribution in [-0.4, -0.2) is 69.2 Å². The van der Waals surface area contributed by atoms with Crippen molar-refractivity contribution in [3.63, 3.8) is 0 Å². The third-order valence-corrected chi connectivity index (χ3v) is 7.06. The molecule has 0 saturated carbocycles. The Morgan fingerprint density at radius 1 is 1.05 bits per heavy atom. The number of likely N-dealkylation sites (tertiary alicyclic amines) is 1. The summed E-state index contributed by atoms with van der Waals surface area (Å²) in [4.78, 5) is 30.6. The van der Waals surface area contributed by atoms with Gasteiger partial charge in [0.1, 0.15) is 11.5 Å². The minimum absolute atomic E-state index is 0.0715. The number of para-hydroxylation sites is 1. The van der Waals surface area contributed by atoms with Crippen molar-refractivity contribution in [2.24, 2.45) is 0 Å². The average Bonchev–Trinajstić information content (AvgIpc) is 3.44. The van der Waals surface area contributed by atoms with E-state index < -0.39 is 17.7 Å². The van der Waals surface area contributed by atoms with Crippen LogP contribution in [0.5, 0.6) is 5.75 Å². The summed E-state index contributed by atoms with van der Waals surface area (Å²) >= 11 is 0. The molecule has 8 heteroatoms. The highest BCUT2D eigenvalue weighted by Gasteiger charge is 2.46. The van der Waals surface area contributed by atoms with Crippen LogP contribution in [0.4, 0.5) is 0 Å². The second kappa shape index (κ2) is 12.1. The quantitative estimate of drug-likeness (QED) is 0.225. The Labute approximate surface area is 224 Å². The number of ketones is 1. The summed E-state index contributed by atoms with van der Waals surface area (Å²) in [5, 5.41) is 16.0. The van der Waals surface area contributed by atoms with Crippen LogP contribution >= 0.6 is 0 Å². The molecule has 0 spiro atoms. The molecule has 1 aromatic heterocycles. The molecule has 1 N–H and O–H groups in total. The zero-order valence-electron chi connectivity index (χ0n) is 22.6. The van der Waals surface area contributed by atoms with Crippen molar-refractivity contribution in [2.45, 2.75) is 40.2 Å². The number of rotatable bonds is 11. The standard InChI is InChI=1S/C30H36N4O4/c1-5-32(6-2)17-12-18-33-27(22-13-11-16-24(19-22)38-7-3)26(29(36)30(33)37)28(35)25-20-31-34(21(25)4)23-14-9-8-10-15-23/h8-11,13-16,19-20,27,35H,5-7,12,17-18H2,1-4H3/b28-26+. The molecule has 1 aliphatic rings. The highest BCUT2D eigenvalue weighted by Crippen LogP contribution is 2.41. The Bertz CT molecular complexity index is 1310. The van der Waals surface area contributed by atoms with Gasteiger partial charge in [-0.25, -0.2) is 4.68 Å². The Morgan fingerprint density at radius 3 is 2.47 bits per heavy atom. The second-order valence-electron chi connectivity index (χ2n) is 9.27. The van der Waals surface area contributed by atoms with Crippen molar-refractivity contribution < 1.29 is 19.4 Å². The number of Topliss-reactive ketones (excluding diaryl/α,β-unsaturated/α-hetero) is 1. The van der Waals surface area contributed by atoms with Crippen LogP contribution in [0, 0.1) is 6.92 Å². The summed E-state index contributed by atoms with van der Waals surface area (Å²) in [6.07, 6.45) is 2.25. The van der Waals surface area contributed by atoms with E-state index in [1.807, 2.05) is 68.4 Å². The Hall–Kier alpha value is -3.91. The van der Waals surface area contributed by atoms with Crippen molar-refractivity contribution >= 4 is 17.4 Å². The first-order chi connectivity index (χ1) is 18.4. The van der Waals surface area contributed by atoms with E-state index in [4.69, 9.17) is 4.74 Å². The number of aromatic nitrogens is 2. The molecule has 4 rings (SSSR count). The minimum Gasteiger partial charge on any atom is -0.507 e. The van der Waals surface area contributed by atoms with Crippen LogP contribution in [-0.2, 0) is 9.59 Å². The van der Waals surface area contributed by atoms with Crippen LogP contribution in [0.25, 0.3) is 11.4 Å². The van der Waals surface area contributed by atoms with Gasteiger partial charge in [0.2, 0.25) is 0 Å². The lowest BCUT2D eigenvalue weighted by Gasteiger charge is -2.27. The number of hydrogen-bond donors (Lipinski definition) is 1. The average molecular weight is 517 g/mol. The molecule has 1 unspecified atom stereocenters. The maximum Gasteiger partial charge on any atom is 0.295 e. The van der Waals surface area contributed by atoms with E-state index in [1.54, 1.807) is 15.8 Å². The molecule has 1 amide bonds. The number of benzene rings is 2. The van der Waals surface area contributed by atoms with Gasteiger partial charge in [-0.3, -0.25) is 9.59 Å². The van der Waals surface area contributed by atoms with E-state index in [9.17, 15) is 14.7 Å². The second-order valence-corrected chi connectivity index (χ2v) is 9.27. The minimum atomic E-state index is -0.730. The Morgan fingerprint density at radius 2 is 1.79 bits per heavy atom. The molecule has 1 saturated heterocycles. The van der Waals surface area contributed by atoms with Crippen LogP contribution in [0.1, 0.15) is 50.1 Å². The van der Waals surface area contributed by atoms with Crippen molar-refractivity contribution in [3.8, 4) is 11.4 Å². The lowest BCUT2D eigenvalue weighted by atomic mass is 9.95. The number of ether oxygens (including phenoxy) is 1. The fourth-order valence-electron chi connectivity index (χ4n) is 5.02. The van der Waals surface area contributed by atoms with Crippen molar-refractivity contribution in [3.05, 3.63) is 83.2 Å². The SMILES string of the molecule is CCOc1cccc(C2/C(=C(\O)c3cnn(-c4ccccc4)c3C)C(=O)C(=O)N2CCCN(CC)CC)c1. The molecule has 0 aliphatic carbocycles. The largest absolute Gasteiger partial charge is 0.507 e. The number of hydrogen-bond acceptors (Lipinski definition) is 6. The van der Waals surface area contributed by atoms with Crippen LogP contribution in [0.2, 0.25) is 0 Å². The lowest BCUT2D eigenvalue weighted by molar-refractivity contribution is -0.140. The zero-order valence-corrected chi connectivity index (χ0v) is 22.6. The van der Waals surface area contributed by atoms with Gasteiger partial charge in [-0.05, 0) is 69.7 Å². The molecule has 1 fully saturated rings. The maximum atomic E-state index is 13.4. The van der Waals surface area contributed by atoms with Gasteiger partial charge in [-0.15, -0.1) is 0 Å².